The minimum Gasteiger partial charge on any atom is -0.382 e. The first-order valence-corrected chi connectivity index (χ1v) is 9.41. The minimum absolute atomic E-state index is 0.0989. The smallest absolute Gasteiger partial charge is 0.211 e. The Hall–Kier alpha value is -3.54. The maximum absolute atomic E-state index is 12.6. The third kappa shape index (κ3) is 2.65. The molecule has 0 amide bonds. The molecule has 0 saturated heterocycles. The summed E-state index contributed by atoms with van der Waals surface area (Å²) in [6.45, 7) is 0. The van der Waals surface area contributed by atoms with Crippen LogP contribution in [-0.4, -0.2) is 25.1 Å². The van der Waals surface area contributed by atoms with E-state index in [1.165, 1.54) is 6.42 Å². The predicted molar refractivity (Wildman–Crippen MR) is 107 cm³/mol. The largest absolute Gasteiger partial charge is 0.382 e. The third-order valence-corrected chi connectivity index (χ3v) is 5.39. The molecule has 0 aliphatic heterocycles. The number of nitrogen functional groups attached to an aromatic ring is 1. The van der Waals surface area contributed by atoms with Crippen molar-refractivity contribution >= 4 is 17.1 Å². The number of pyridine rings is 1. The van der Waals surface area contributed by atoms with Crippen LogP contribution in [0, 0.1) is 0 Å². The molecule has 1 aliphatic carbocycles. The van der Waals surface area contributed by atoms with E-state index in [0.29, 0.717) is 23.0 Å². The van der Waals surface area contributed by atoms with E-state index in [1.54, 1.807) is 30.6 Å². The lowest BCUT2D eigenvalue weighted by molar-refractivity contribution is 0.103. The van der Waals surface area contributed by atoms with E-state index in [9.17, 15) is 4.79 Å². The van der Waals surface area contributed by atoms with Crippen LogP contribution in [0.2, 0.25) is 0 Å². The second kappa shape index (κ2) is 6.56. The standard InChI is InChI=1S/C22H19N5O/c23-21-19-18(26-22(15-7-4-8-15)27(19)12-11-24-21)16-9-10-17(25-13-16)20(28)14-5-2-1-3-6-14/h1-3,5-6,9-13,15H,4,7-8H2,(H2,23,24). The molecule has 1 aromatic carbocycles. The summed E-state index contributed by atoms with van der Waals surface area (Å²) >= 11 is 0. The lowest BCUT2D eigenvalue weighted by Gasteiger charge is -2.23. The van der Waals surface area contributed by atoms with Crippen molar-refractivity contribution in [3.63, 3.8) is 0 Å². The van der Waals surface area contributed by atoms with Crippen LogP contribution in [0.4, 0.5) is 5.82 Å². The fraction of sp³-hybridized carbons (Fsp3) is 0.182. The van der Waals surface area contributed by atoms with Gasteiger partial charge in [-0.3, -0.25) is 14.2 Å². The van der Waals surface area contributed by atoms with Crippen LogP contribution in [0.25, 0.3) is 16.8 Å². The topological polar surface area (TPSA) is 86.2 Å². The number of hydrogen-bond donors (Lipinski definition) is 1. The Kier molecular flexibility index (Phi) is 3.90. The molecule has 2 N–H and O–H groups in total. The average Bonchev–Trinajstić information content (AvgIpc) is 3.07. The highest BCUT2D eigenvalue weighted by atomic mass is 16.1. The number of anilines is 1. The Balaban J connectivity index is 1.56. The van der Waals surface area contributed by atoms with Gasteiger partial charge in [-0.1, -0.05) is 36.8 Å². The number of carbonyl (C=O) groups is 1. The number of ketones is 1. The molecule has 0 bridgehead atoms. The highest BCUT2D eigenvalue weighted by molar-refractivity contribution is 6.07. The molecule has 1 aliphatic rings. The van der Waals surface area contributed by atoms with Gasteiger partial charge in [0.15, 0.2) is 0 Å². The second-order valence-corrected chi connectivity index (χ2v) is 7.10. The van der Waals surface area contributed by atoms with Gasteiger partial charge in [0.1, 0.15) is 28.5 Å². The zero-order chi connectivity index (χ0) is 19.1. The number of imidazole rings is 1. The highest BCUT2D eigenvalue weighted by Crippen LogP contribution is 2.39. The normalized spacial score (nSPS) is 14.1. The van der Waals surface area contributed by atoms with Gasteiger partial charge in [0.2, 0.25) is 5.78 Å². The SMILES string of the molecule is Nc1nccn2c(C3CCC3)nc(-c3ccc(C(=O)c4ccccc4)nc3)c12. The molecule has 28 heavy (non-hydrogen) atoms. The molecule has 4 aromatic rings. The van der Waals surface area contributed by atoms with Crippen molar-refractivity contribution in [2.75, 3.05) is 5.73 Å². The van der Waals surface area contributed by atoms with Gasteiger partial charge in [-0.15, -0.1) is 0 Å². The molecule has 1 fully saturated rings. The summed E-state index contributed by atoms with van der Waals surface area (Å²) in [4.78, 5) is 26.1. The van der Waals surface area contributed by atoms with Crippen LogP contribution in [0.15, 0.2) is 61.1 Å². The van der Waals surface area contributed by atoms with E-state index >= 15 is 0 Å². The molecular weight excluding hydrogens is 350 g/mol. The molecule has 0 atom stereocenters. The number of aromatic nitrogens is 4. The molecule has 3 heterocycles. The Morgan fingerprint density at radius 3 is 2.57 bits per heavy atom. The molecule has 138 valence electrons. The van der Waals surface area contributed by atoms with Crippen molar-refractivity contribution in [3.8, 4) is 11.3 Å². The van der Waals surface area contributed by atoms with Gasteiger partial charge >= 0.3 is 0 Å². The van der Waals surface area contributed by atoms with Gasteiger partial charge in [0.05, 0.1) is 0 Å². The number of carbonyl (C=O) groups excluding carboxylic acids is 1. The van der Waals surface area contributed by atoms with Crippen LogP contribution in [0.3, 0.4) is 0 Å². The molecule has 3 aromatic heterocycles. The number of hydrogen-bond acceptors (Lipinski definition) is 5. The fourth-order valence-corrected chi connectivity index (χ4v) is 3.65. The fourth-order valence-electron chi connectivity index (χ4n) is 3.65. The molecule has 0 unspecified atom stereocenters. The second-order valence-electron chi connectivity index (χ2n) is 7.10. The zero-order valence-corrected chi connectivity index (χ0v) is 15.2. The molecule has 1 saturated carbocycles. The monoisotopic (exact) mass is 369 g/mol. The molecule has 0 spiro atoms. The van der Waals surface area contributed by atoms with Gasteiger partial charge in [-0.2, -0.15) is 0 Å². The van der Waals surface area contributed by atoms with E-state index in [2.05, 4.69) is 9.97 Å². The molecule has 6 heteroatoms. The Labute approximate surface area is 162 Å². The van der Waals surface area contributed by atoms with Crippen LogP contribution >= 0.6 is 0 Å². The van der Waals surface area contributed by atoms with E-state index in [0.717, 1.165) is 35.4 Å². The minimum atomic E-state index is -0.0989. The van der Waals surface area contributed by atoms with Crippen molar-refractivity contribution in [1.82, 2.24) is 19.4 Å². The van der Waals surface area contributed by atoms with Gasteiger partial charge in [0, 0.05) is 35.6 Å². The summed E-state index contributed by atoms with van der Waals surface area (Å²) in [6, 6.07) is 12.8. The first-order chi connectivity index (χ1) is 13.7. The van der Waals surface area contributed by atoms with Crippen molar-refractivity contribution in [2.45, 2.75) is 25.2 Å². The van der Waals surface area contributed by atoms with Crippen LogP contribution in [0.1, 0.15) is 47.1 Å². The van der Waals surface area contributed by atoms with Gasteiger partial charge in [-0.05, 0) is 25.0 Å². The Morgan fingerprint density at radius 1 is 1.07 bits per heavy atom. The van der Waals surface area contributed by atoms with Gasteiger partial charge in [-0.25, -0.2) is 9.97 Å². The number of nitrogens with two attached hydrogens (primary N) is 1. The number of benzene rings is 1. The maximum atomic E-state index is 12.6. The summed E-state index contributed by atoms with van der Waals surface area (Å²) in [5.41, 5.74) is 9.59. The van der Waals surface area contributed by atoms with Crippen molar-refractivity contribution in [3.05, 3.63) is 78.1 Å². The average molecular weight is 369 g/mol. The molecular formula is C22H19N5O. The van der Waals surface area contributed by atoms with E-state index in [4.69, 9.17) is 10.7 Å². The van der Waals surface area contributed by atoms with Crippen molar-refractivity contribution in [2.24, 2.45) is 0 Å². The van der Waals surface area contributed by atoms with Crippen LogP contribution in [0.5, 0.6) is 0 Å². The summed E-state index contributed by atoms with van der Waals surface area (Å²) in [5, 5.41) is 0. The number of fused-ring (bicyclic) bond motifs is 1. The van der Waals surface area contributed by atoms with Crippen molar-refractivity contribution < 1.29 is 4.79 Å². The Bertz CT molecular complexity index is 1160. The summed E-state index contributed by atoms with van der Waals surface area (Å²) < 4.78 is 2.05. The van der Waals surface area contributed by atoms with E-state index in [-0.39, 0.29) is 5.78 Å². The van der Waals surface area contributed by atoms with Crippen molar-refractivity contribution in [1.29, 1.82) is 0 Å². The molecule has 0 radical (unpaired) electrons. The van der Waals surface area contributed by atoms with Gasteiger partial charge in [0.25, 0.3) is 0 Å². The predicted octanol–water partition coefficient (Wildman–Crippen LogP) is 3.87. The molecule has 6 nitrogen and oxygen atoms in total. The van der Waals surface area contributed by atoms with Gasteiger partial charge < -0.3 is 5.73 Å². The first kappa shape index (κ1) is 16.6. The maximum Gasteiger partial charge on any atom is 0.211 e. The lowest BCUT2D eigenvalue weighted by atomic mass is 9.85. The molecule has 5 rings (SSSR count). The van der Waals surface area contributed by atoms with Crippen LogP contribution in [-0.2, 0) is 0 Å². The number of nitrogens with zero attached hydrogens (tertiary/aromatic N) is 4. The lowest BCUT2D eigenvalue weighted by Crippen LogP contribution is -2.12. The highest BCUT2D eigenvalue weighted by Gasteiger charge is 2.27. The van der Waals surface area contributed by atoms with Crippen LogP contribution < -0.4 is 5.73 Å². The quantitative estimate of drug-likeness (QED) is 0.552. The number of rotatable bonds is 4. The van der Waals surface area contributed by atoms with E-state index in [1.807, 2.05) is 34.9 Å². The zero-order valence-electron chi connectivity index (χ0n) is 15.2. The summed E-state index contributed by atoms with van der Waals surface area (Å²) in [5.74, 6) is 1.82. The first-order valence-electron chi connectivity index (χ1n) is 9.41. The summed E-state index contributed by atoms with van der Waals surface area (Å²) in [7, 11) is 0. The summed E-state index contributed by atoms with van der Waals surface area (Å²) in [6.07, 6.45) is 8.82. The Morgan fingerprint density at radius 2 is 1.89 bits per heavy atom. The van der Waals surface area contributed by atoms with E-state index < -0.39 is 0 Å². The third-order valence-electron chi connectivity index (χ3n) is 5.39.